The summed E-state index contributed by atoms with van der Waals surface area (Å²) >= 11 is 0. The normalized spacial score (nSPS) is 16.7. The van der Waals surface area contributed by atoms with Crippen LogP contribution >= 0.6 is 0 Å². The van der Waals surface area contributed by atoms with Crippen LogP contribution in [-0.4, -0.2) is 48.7 Å². The molecular weight excluding hydrogens is 276 g/mol. The summed E-state index contributed by atoms with van der Waals surface area (Å²) in [6, 6.07) is 7.83. The van der Waals surface area contributed by atoms with E-state index in [1.165, 1.54) is 0 Å². The van der Waals surface area contributed by atoms with E-state index in [2.05, 4.69) is 25.7 Å². The van der Waals surface area contributed by atoms with E-state index in [-0.39, 0.29) is 17.4 Å². The number of aliphatic hydroxyl groups excluding tert-OH is 1. The van der Waals surface area contributed by atoms with Crippen molar-refractivity contribution in [3.63, 3.8) is 0 Å². The lowest BCUT2D eigenvalue weighted by Gasteiger charge is -2.31. The summed E-state index contributed by atoms with van der Waals surface area (Å²) in [6.45, 7) is 8.87. The Labute approximate surface area is 133 Å². The number of rotatable bonds is 3. The molecule has 0 bridgehead atoms. The number of aliphatic hydroxyl groups is 1. The molecule has 0 spiro atoms. The second-order valence-corrected chi connectivity index (χ2v) is 7.49. The fourth-order valence-electron chi connectivity index (χ4n) is 2.94. The summed E-state index contributed by atoms with van der Waals surface area (Å²) in [7, 11) is 1.85. The minimum Gasteiger partial charge on any atom is -0.393 e. The Balaban J connectivity index is 2.01. The molecule has 122 valence electrons. The van der Waals surface area contributed by atoms with E-state index in [0.717, 1.165) is 43.7 Å². The third-order valence-electron chi connectivity index (χ3n) is 4.00. The molecule has 22 heavy (non-hydrogen) atoms. The number of hydrogen-bond donors (Lipinski definition) is 1. The highest BCUT2D eigenvalue weighted by atomic mass is 16.3. The molecule has 4 nitrogen and oxygen atoms in total. The number of anilines is 1. The smallest absolute Gasteiger partial charge is 0.253 e. The summed E-state index contributed by atoms with van der Waals surface area (Å²) in [5.74, 6) is 0.0653. The van der Waals surface area contributed by atoms with Gasteiger partial charge >= 0.3 is 0 Å². The zero-order chi connectivity index (χ0) is 16.3. The summed E-state index contributed by atoms with van der Waals surface area (Å²) in [5.41, 5.74) is 1.95. The van der Waals surface area contributed by atoms with Crippen LogP contribution in [0.3, 0.4) is 0 Å². The van der Waals surface area contributed by atoms with Gasteiger partial charge in [0.1, 0.15) is 0 Å². The van der Waals surface area contributed by atoms with Crippen molar-refractivity contribution >= 4 is 11.6 Å². The number of benzene rings is 1. The van der Waals surface area contributed by atoms with E-state index in [1.54, 1.807) is 4.90 Å². The summed E-state index contributed by atoms with van der Waals surface area (Å²) in [4.78, 5) is 16.5. The number of amides is 1. The molecule has 1 amide bonds. The van der Waals surface area contributed by atoms with Crippen molar-refractivity contribution in [2.75, 3.05) is 31.6 Å². The van der Waals surface area contributed by atoms with Crippen LogP contribution in [0.1, 0.15) is 44.0 Å². The van der Waals surface area contributed by atoms with Crippen LogP contribution in [0.5, 0.6) is 0 Å². The minimum atomic E-state index is -0.164. The van der Waals surface area contributed by atoms with Crippen LogP contribution in [0.4, 0.5) is 5.69 Å². The van der Waals surface area contributed by atoms with Gasteiger partial charge in [0.2, 0.25) is 0 Å². The Morgan fingerprint density at radius 3 is 2.27 bits per heavy atom. The third-order valence-corrected chi connectivity index (χ3v) is 4.00. The molecular formula is C18H28N2O2. The Hall–Kier alpha value is -1.55. The SMILES string of the molecule is CN(CC(C)(C)C)C(=O)c1ccc(N2CCC(O)CC2)cc1. The van der Waals surface area contributed by atoms with Gasteiger partial charge in [-0.25, -0.2) is 0 Å². The highest BCUT2D eigenvalue weighted by molar-refractivity contribution is 5.94. The van der Waals surface area contributed by atoms with Gasteiger partial charge in [0.25, 0.3) is 5.91 Å². The lowest BCUT2D eigenvalue weighted by Crippen LogP contribution is -2.36. The molecule has 0 unspecified atom stereocenters. The first kappa shape index (κ1) is 16.8. The molecule has 1 aromatic rings. The number of hydrogen-bond acceptors (Lipinski definition) is 3. The van der Waals surface area contributed by atoms with Gasteiger partial charge in [-0.2, -0.15) is 0 Å². The summed E-state index contributed by atoms with van der Waals surface area (Å²) in [6.07, 6.45) is 1.47. The average Bonchev–Trinajstić information content (AvgIpc) is 2.46. The standard InChI is InChI=1S/C18H28N2O2/c1-18(2,3)13-19(4)17(22)14-5-7-15(8-6-14)20-11-9-16(21)10-12-20/h5-8,16,21H,9-13H2,1-4H3. The zero-order valence-electron chi connectivity index (χ0n) is 14.2. The molecule has 1 fully saturated rings. The summed E-state index contributed by atoms with van der Waals surface area (Å²) < 4.78 is 0. The monoisotopic (exact) mass is 304 g/mol. The molecule has 4 heteroatoms. The highest BCUT2D eigenvalue weighted by Crippen LogP contribution is 2.21. The van der Waals surface area contributed by atoms with E-state index in [1.807, 2.05) is 31.3 Å². The van der Waals surface area contributed by atoms with Crippen molar-refractivity contribution in [2.24, 2.45) is 5.41 Å². The van der Waals surface area contributed by atoms with Gasteiger partial charge in [0.05, 0.1) is 6.10 Å². The molecule has 1 aromatic carbocycles. The van der Waals surface area contributed by atoms with E-state index in [0.29, 0.717) is 0 Å². The maximum Gasteiger partial charge on any atom is 0.253 e. The Morgan fingerprint density at radius 1 is 1.23 bits per heavy atom. The van der Waals surface area contributed by atoms with E-state index in [9.17, 15) is 9.90 Å². The lowest BCUT2D eigenvalue weighted by atomic mass is 9.96. The average molecular weight is 304 g/mol. The van der Waals surface area contributed by atoms with Gasteiger partial charge in [-0.15, -0.1) is 0 Å². The first-order valence-corrected chi connectivity index (χ1v) is 8.05. The van der Waals surface area contributed by atoms with Crippen LogP contribution < -0.4 is 4.90 Å². The molecule has 1 aliphatic heterocycles. The maximum atomic E-state index is 12.4. The second kappa shape index (κ2) is 6.69. The van der Waals surface area contributed by atoms with Gasteiger partial charge in [0, 0.05) is 37.9 Å². The largest absolute Gasteiger partial charge is 0.393 e. The Kier molecular flexibility index (Phi) is 5.12. The Morgan fingerprint density at radius 2 is 1.77 bits per heavy atom. The molecule has 1 aliphatic rings. The number of carbonyl (C=O) groups excluding carboxylic acids is 1. The fraction of sp³-hybridized carbons (Fsp3) is 0.611. The van der Waals surface area contributed by atoms with Crippen molar-refractivity contribution in [2.45, 2.75) is 39.7 Å². The van der Waals surface area contributed by atoms with Crippen LogP contribution in [0.2, 0.25) is 0 Å². The van der Waals surface area contributed by atoms with Gasteiger partial charge in [0.15, 0.2) is 0 Å². The van der Waals surface area contributed by atoms with Crippen molar-refractivity contribution in [3.8, 4) is 0 Å². The molecule has 2 rings (SSSR count). The number of piperidine rings is 1. The molecule has 0 radical (unpaired) electrons. The van der Waals surface area contributed by atoms with E-state index in [4.69, 9.17) is 0 Å². The lowest BCUT2D eigenvalue weighted by molar-refractivity contribution is 0.0745. The predicted octanol–water partition coefficient (Wildman–Crippen LogP) is 2.77. The molecule has 1 heterocycles. The highest BCUT2D eigenvalue weighted by Gasteiger charge is 2.20. The molecule has 1 saturated heterocycles. The van der Waals surface area contributed by atoms with Crippen LogP contribution in [-0.2, 0) is 0 Å². The third kappa shape index (κ3) is 4.47. The van der Waals surface area contributed by atoms with E-state index < -0.39 is 0 Å². The fourth-order valence-corrected chi connectivity index (χ4v) is 2.94. The number of nitrogens with zero attached hydrogens (tertiary/aromatic N) is 2. The first-order chi connectivity index (χ1) is 10.3. The summed E-state index contributed by atoms with van der Waals surface area (Å²) in [5, 5.41) is 9.57. The Bertz CT molecular complexity index is 497. The second-order valence-electron chi connectivity index (χ2n) is 7.49. The van der Waals surface area contributed by atoms with Crippen molar-refractivity contribution in [3.05, 3.63) is 29.8 Å². The van der Waals surface area contributed by atoms with Crippen molar-refractivity contribution in [1.29, 1.82) is 0 Å². The van der Waals surface area contributed by atoms with Crippen LogP contribution in [0.25, 0.3) is 0 Å². The van der Waals surface area contributed by atoms with Gasteiger partial charge in [-0.05, 0) is 42.5 Å². The predicted molar refractivity (Wildman–Crippen MR) is 90.3 cm³/mol. The minimum absolute atomic E-state index is 0.0653. The molecule has 0 aromatic heterocycles. The molecule has 0 saturated carbocycles. The van der Waals surface area contributed by atoms with E-state index >= 15 is 0 Å². The van der Waals surface area contributed by atoms with Gasteiger partial charge < -0.3 is 14.9 Å². The molecule has 0 aliphatic carbocycles. The molecule has 1 N–H and O–H groups in total. The van der Waals surface area contributed by atoms with Gasteiger partial charge in [-0.3, -0.25) is 4.79 Å². The van der Waals surface area contributed by atoms with Crippen LogP contribution in [0.15, 0.2) is 24.3 Å². The number of carbonyl (C=O) groups is 1. The van der Waals surface area contributed by atoms with Gasteiger partial charge in [-0.1, -0.05) is 20.8 Å². The maximum absolute atomic E-state index is 12.4. The zero-order valence-corrected chi connectivity index (χ0v) is 14.2. The van der Waals surface area contributed by atoms with Crippen molar-refractivity contribution in [1.82, 2.24) is 4.90 Å². The molecule has 0 atom stereocenters. The quantitative estimate of drug-likeness (QED) is 0.934. The first-order valence-electron chi connectivity index (χ1n) is 8.05. The topological polar surface area (TPSA) is 43.8 Å². The van der Waals surface area contributed by atoms with Crippen molar-refractivity contribution < 1.29 is 9.90 Å². The van der Waals surface area contributed by atoms with Crippen LogP contribution in [0, 0.1) is 5.41 Å².